The van der Waals surface area contributed by atoms with Crippen LogP contribution in [0.2, 0.25) is 0 Å². The molecule has 0 aromatic heterocycles. The Kier molecular flexibility index (Phi) is 1.45. The van der Waals surface area contributed by atoms with Crippen molar-refractivity contribution in [2.75, 3.05) is 6.54 Å². The molecule has 4 fully saturated rings. The summed E-state index contributed by atoms with van der Waals surface area (Å²) in [5, 5.41) is 0. The molecule has 2 aliphatic carbocycles. The van der Waals surface area contributed by atoms with Crippen molar-refractivity contribution < 1.29 is 0 Å². The number of hydrogen-bond acceptors (Lipinski definition) is 2. The second-order valence-electron chi connectivity index (χ2n) is 5.88. The van der Waals surface area contributed by atoms with E-state index in [2.05, 4.69) is 18.7 Å². The number of fused-ring (bicyclic) bond motifs is 1. The van der Waals surface area contributed by atoms with Gasteiger partial charge in [0.15, 0.2) is 0 Å². The molecule has 4 aliphatic rings. The Hall–Kier alpha value is -0.0800. The topological polar surface area (TPSA) is 29.3 Å². The van der Waals surface area contributed by atoms with Gasteiger partial charge in [0.05, 0.1) is 0 Å². The quantitative estimate of drug-likeness (QED) is 0.657. The van der Waals surface area contributed by atoms with E-state index in [9.17, 15) is 0 Å². The van der Waals surface area contributed by atoms with E-state index in [1.807, 2.05) is 0 Å². The maximum atomic E-state index is 6.08. The van der Waals surface area contributed by atoms with E-state index in [1.54, 1.807) is 0 Å². The lowest BCUT2D eigenvalue weighted by atomic mass is 9.66. The Bertz CT molecular complexity index is 236. The fourth-order valence-corrected chi connectivity index (χ4v) is 3.53. The van der Waals surface area contributed by atoms with Crippen LogP contribution in [0.25, 0.3) is 0 Å². The van der Waals surface area contributed by atoms with Gasteiger partial charge in [-0.3, -0.25) is 4.90 Å². The standard InChI is InChI=1S/C11H20N2/c1-11(2)4-3-9(11)13-6-7-5-8(13)10(7)12/h7-10H,3-6,12H2,1-2H3. The highest BCUT2D eigenvalue weighted by Gasteiger charge is 2.56. The van der Waals surface area contributed by atoms with Crippen LogP contribution in [0.1, 0.15) is 33.1 Å². The Morgan fingerprint density at radius 1 is 1.38 bits per heavy atom. The van der Waals surface area contributed by atoms with Gasteiger partial charge in [-0.1, -0.05) is 13.8 Å². The van der Waals surface area contributed by atoms with Crippen molar-refractivity contribution in [3.8, 4) is 0 Å². The highest BCUT2D eigenvalue weighted by molar-refractivity contribution is 5.12. The van der Waals surface area contributed by atoms with Gasteiger partial charge in [0.25, 0.3) is 0 Å². The molecule has 0 spiro atoms. The summed E-state index contributed by atoms with van der Waals surface area (Å²) < 4.78 is 0. The Morgan fingerprint density at radius 2 is 2.15 bits per heavy atom. The summed E-state index contributed by atoms with van der Waals surface area (Å²) in [5.41, 5.74) is 6.65. The lowest BCUT2D eigenvalue weighted by Gasteiger charge is -2.51. The highest BCUT2D eigenvalue weighted by Crippen LogP contribution is 2.50. The Labute approximate surface area is 80.5 Å². The first-order valence-corrected chi connectivity index (χ1v) is 5.61. The minimum absolute atomic E-state index is 0.511. The molecular formula is C11H20N2. The number of rotatable bonds is 1. The van der Waals surface area contributed by atoms with Gasteiger partial charge < -0.3 is 5.73 Å². The van der Waals surface area contributed by atoms with E-state index in [0.29, 0.717) is 11.5 Å². The summed E-state index contributed by atoms with van der Waals surface area (Å²) in [6.07, 6.45) is 4.19. The molecule has 4 unspecified atom stereocenters. The lowest BCUT2D eigenvalue weighted by molar-refractivity contribution is -0.00436. The van der Waals surface area contributed by atoms with E-state index < -0.39 is 0 Å². The third-order valence-corrected chi connectivity index (χ3v) is 4.77. The van der Waals surface area contributed by atoms with Crippen LogP contribution in [-0.2, 0) is 0 Å². The van der Waals surface area contributed by atoms with Gasteiger partial charge >= 0.3 is 0 Å². The van der Waals surface area contributed by atoms with Crippen molar-refractivity contribution in [3.63, 3.8) is 0 Å². The third-order valence-electron chi connectivity index (χ3n) is 4.77. The molecule has 74 valence electrons. The second kappa shape index (κ2) is 2.29. The Balaban J connectivity index is 1.74. The predicted octanol–water partition coefficient (Wildman–Crippen LogP) is 1.21. The van der Waals surface area contributed by atoms with Gasteiger partial charge in [-0.15, -0.1) is 0 Å². The first-order chi connectivity index (χ1) is 6.09. The molecule has 13 heavy (non-hydrogen) atoms. The Morgan fingerprint density at radius 3 is 2.46 bits per heavy atom. The van der Waals surface area contributed by atoms with Gasteiger partial charge in [-0.25, -0.2) is 0 Å². The van der Waals surface area contributed by atoms with E-state index >= 15 is 0 Å². The highest BCUT2D eigenvalue weighted by atomic mass is 15.3. The molecule has 2 saturated heterocycles. The van der Waals surface area contributed by atoms with Crippen LogP contribution < -0.4 is 5.73 Å². The van der Waals surface area contributed by atoms with E-state index in [-0.39, 0.29) is 0 Å². The summed E-state index contributed by atoms with van der Waals surface area (Å²) in [4.78, 5) is 2.71. The first-order valence-electron chi connectivity index (χ1n) is 5.61. The van der Waals surface area contributed by atoms with Crippen LogP contribution in [0, 0.1) is 11.3 Å². The molecule has 0 amide bonds. The predicted molar refractivity (Wildman–Crippen MR) is 53.4 cm³/mol. The van der Waals surface area contributed by atoms with Crippen molar-refractivity contribution in [2.45, 2.75) is 51.2 Å². The molecule has 2 aliphatic heterocycles. The molecule has 2 bridgehead atoms. The van der Waals surface area contributed by atoms with E-state index in [0.717, 1.165) is 18.0 Å². The first kappa shape index (κ1) is 8.25. The fraction of sp³-hybridized carbons (Fsp3) is 1.00. The van der Waals surface area contributed by atoms with Crippen molar-refractivity contribution in [3.05, 3.63) is 0 Å². The largest absolute Gasteiger partial charge is 0.326 e. The molecule has 2 saturated carbocycles. The van der Waals surface area contributed by atoms with Gasteiger partial charge in [-0.2, -0.15) is 0 Å². The summed E-state index contributed by atoms with van der Waals surface area (Å²) >= 11 is 0. The second-order valence-corrected chi connectivity index (χ2v) is 5.88. The van der Waals surface area contributed by atoms with Crippen LogP contribution in [0.3, 0.4) is 0 Å². The maximum Gasteiger partial charge on any atom is 0.0257 e. The molecule has 2 heteroatoms. The normalized spacial score (nSPS) is 52.8. The van der Waals surface area contributed by atoms with Crippen LogP contribution in [0.4, 0.5) is 0 Å². The summed E-state index contributed by atoms with van der Waals surface area (Å²) in [5.74, 6) is 0.835. The van der Waals surface area contributed by atoms with Gasteiger partial charge in [0.1, 0.15) is 0 Å². The molecule has 4 atom stereocenters. The van der Waals surface area contributed by atoms with Crippen LogP contribution in [0.5, 0.6) is 0 Å². The van der Waals surface area contributed by atoms with Crippen molar-refractivity contribution in [1.29, 1.82) is 0 Å². The smallest absolute Gasteiger partial charge is 0.0257 e. The number of hydrogen-bond donors (Lipinski definition) is 1. The minimum atomic E-state index is 0.511. The zero-order valence-corrected chi connectivity index (χ0v) is 8.66. The van der Waals surface area contributed by atoms with Gasteiger partial charge in [0, 0.05) is 24.7 Å². The van der Waals surface area contributed by atoms with Crippen molar-refractivity contribution in [2.24, 2.45) is 17.1 Å². The molecule has 0 aromatic carbocycles. The molecular weight excluding hydrogens is 160 g/mol. The van der Waals surface area contributed by atoms with Crippen LogP contribution in [0.15, 0.2) is 0 Å². The summed E-state index contributed by atoms with van der Waals surface area (Å²) in [6, 6.07) is 2.10. The minimum Gasteiger partial charge on any atom is -0.326 e. The molecule has 2 nitrogen and oxygen atoms in total. The molecule has 0 radical (unpaired) electrons. The molecule has 4 rings (SSSR count). The SMILES string of the molecule is CC1(C)CCC1N1CC2CC1C2N. The van der Waals surface area contributed by atoms with Gasteiger partial charge in [0.2, 0.25) is 0 Å². The van der Waals surface area contributed by atoms with E-state index in [1.165, 1.54) is 25.8 Å². The van der Waals surface area contributed by atoms with Crippen LogP contribution in [-0.4, -0.2) is 29.6 Å². The molecule has 2 heterocycles. The molecule has 0 aromatic rings. The summed E-state index contributed by atoms with van der Waals surface area (Å²) in [7, 11) is 0. The molecule has 2 N–H and O–H groups in total. The monoisotopic (exact) mass is 180 g/mol. The zero-order valence-electron chi connectivity index (χ0n) is 8.66. The van der Waals surface area contributed by atoms with Crippen molar-refractivity contribution >= 4 is 0 Å². The lowest BCUT2D eigenvalue weighted by Crippen LogP contribution is -2.57. The summed E-state index contributed by atoms with van der Waals surface area (Å²) in [6.45, 7) is 6.10. The average Bonchev–Trinajstić information content (AvgIpc) is 2.58. The average molecular weight is 180 g/mol. The van der Waals surface area contributed by atoms with Crippen LogP contribution >= 0.6 is 0 Å². The number of nitrogens with zero attached hydrogens (tertiary/aromatic N) is 1. The van der Waals surface area contributed by atoms with Gasteiger partial charge in [-0.05, 0) is 30.6 Å². The van der Waals surface area contributed by atoms with E-state index in [4.69, 9.17) is 5.73 Å². The number of nitrogens with two attached hydrogens (primary N) is 1. The van der Waals surface area contributed by atoms with Crippen molar-refractivity contribution in [1.82, 2.24) is 4.90 Å². The maximum absolute atomic E-state index is 6.08. The fourth-order valence-electron chi connectivity index (χ4n) is 3.53. The third kappa shape index (κ3) is 0.909. The zero-order chi connectivity index (χ0) is 9.22.